The van der Waals surface area contributed by atoms with Gasteiger partial charge in [0.2, 0.25) is 0 Å². The van der Waals surface area contributed by atoms with Crippen LogP contribution in [0.25, 0.3) is 0 Å². The Morgan fingerprint density at radius 3 is 2.00 bits per heavy atom. The molecule has 1 aromatic carbocycles. The zero-order chi connectivity index (χ0) is 14.5. The summed E-state index contributed by atoms with van der Waals surface area (Å²) in [5.41, 5.74) is 1.54. The molecule has 0 saturated heterocycles. The second kappa shape index (κ2) is 6.60. The standard InChI is InChI=1S/C16H27N3/c1-16(2,12-14-10-8-7-9-11-14)13-17-15(18(3)4)19(5)6/h7-11H,12-13H2,1-6H3. The van der Waals surface area contributed by atoms with Gasteiger partial charge in [0.25, 0.3) is 0 Å². The molecule has 3 nitrogen and oxygen atoms in total. The largest absolute Gasteiger partial charge is 0.349 e. The number of benzene rings is 1. The van der Waals surface area contributed by atoms with Crippen LogP contribution in [0.1, 0.15) is 19.4 Å². The minimum Gasteiger partial charge on any atom is -0.349 e. The molecular weight excluding hydrogens is 234 g/mol. The second-order valence-corrected chi connectivity index (χ2v) is 6.23. The molecule has 3 heteroatoms. The summed E-state index contributed by atoms with van der Waals surface area (Å²) in [7, 11) is 8.12. The van der Waals surface area contributed by atoms with Crippen LogP contribution in [0.15, 0.2) is 35.3 Å². The summed E-state index contributed by atoms with van der Waals surface area (Å²) in [5.74, 6) is 1.01. The minimum absolute atomic E-state index is 0.165. The molecule has 0 aliphatic rings. The maximum atomic E-state index is 4.76. The molecule has 0 bridgehead atoms. The molecule has 0 unspecified atom stereocenters. The second-order valence-electron chi connectivity index (χ2n) is 6.23. The van der Waals surface area contributed by atoms with Gasteiger partial charge in [-0.3, -0.25) is 4.99 Å². The summed E-state index contributed by atoms with van der Waals surface area (Å²) >= 11 is 0. The SMILES string of the molecule is CN(C)C(=NCC(C)(C)Cc1ccccc1)N(C)C. The van der Waals surface area contributed by atoms with Crippen molar-refractivity contribution in [2.45, 2.75) is 20.3 Å². The number of aliphatic imine (C=N–C) groups is 1. The molecule has 0 saturated carbocycles. The van der Waals surface area contributed by atoms with E-state index in [0.29, 0.717) is 0 Å². The van der Waals surface area contributed by atoms with E-state index in [1.807, 2.05) is 28.2 Å². The average molecular weight is 261 g/mol. The molecule has 0 aromatic heterocycles. The zero-order valence-corrected chi connectivity index (χ0v) is 13.1. The van der Waals surface area contributed by atoms with Crippen molar-refractivity contribution in [3.05, 3.63) is 35.9 Å². The Balaban J connectivity index is 2.71. The van der Waals surface area contributed by atoms with Crippen molar-refractivity contribution in [3.8, 4) is 0 Å². The lowest BCUT2D eigenvalue weighted by atomic mass is 9.86. The van der Waals surface area contributed by atoms with Gasteiger partial charge < -0.3 is 9.80 Å². The molecule has 1 aromatic rings. The normalized spacial score (nSPS) is 11.1. The van der Waals surface area contributed by atoms with Crippen molar-refractivity contribution in [1.82, 2.24) is 9.80 Å². The first kappa shape index (κ1) is 15.5. The molecule has 0 radical (unpaired) electrons. The average Bonchev–Trinajstić information content (AvgIpc) is 2.28. The summed E-state index contributed by atoms with van der Waals surface area (Å²) in [6.07, 6.45) is 1.05. The van der Waals surface area contributed by atoms with Gasteiger partial charge in [-0.2, -0.15) is 0 Å². The molecule has 19 heavy (non-hydrogen) atoms. The molecule has 0 fully saturated rings. The molecule has 0 N–H and O–H groups in total. The van der Waals surface area contributed by atoms with Gasteiger partial charge in [0.1, 0.15) is 0 Å². The van der Waals surface area contributed by atoms with E-state index in [1.54, 1.807) is 0 Å². The van der Waals surface area contributed by atoms with Crippen LogP contribution < -0.4 is 0 Å². The molecule has 0 amide bonds. The van der Waals surface area contributed by atoms with E-state index in [2.05, 4.69) is 54.0 Å². The molecular formula is C16H27N3. The van der Waals surface area contributed by atoms with Crippen molar-refractivity contribution in [2.75, 3.05) is 34.7 Å². The van der Waals surface area contributed by atoms with Crippen LogP contribution in [0.4, 0.5) is 0 Å². The number of rotatable bonds is 4. The van der Waals surface area contributed by atoms with E-state index >= 15 is 0 Å². The Morgan fingerprint density at radius 1 is 1.00 bits per heavy atom. The summed E-state index contributed by atoms with van der Waals surface area (Å²) in [5, 5.41) is 0. The first-order chi connectivity index (χ1) is 8.82. The van der Waals surface area contributed by atoms with E-state index in [-0.39, 0.29) is 5.41 Å². The predicted molar refractivity (Wildman–Crippen MR) is 83.6 cm³/mol. The lowest BCUT2D eigenvalue weighted by Crippen LogP contribution is -2.36. The van der Waals surface area contributed by atoms with Gasteiger partial charge in [0.05, 0.1) is 0 Å². The highest BCUT2D eigenvalue weighted by atomic mass is 15.3. The maximum Gasteiger partial charge on any atom is 0.195 e. The van der Waals surface area contributed by atoms with Gasteiger partial charge in [-0.05, 0) is 17.4 Å². The Bertz CT molecular complexity index is 395. The molecule has 0 aliphatic carbocycles. The fourth-order valence-electron chi connectivity index (χ4n) is 2.17. The van der Waals surface area contributed by atoms with Crippen molar-refractivity contribution >= 4 is 5.96 Å². The lowest BCUT2D eigenvalue weighted by Gasteiger charge is -2.27. The van der Waals surface area contributed by atoms with Crippen LogP contribution in [-0.4, -0.2) is 50.5 Å². The third-order valence-corrected chi connectivity index (χ3v) is 2.97. The summed E-state index contributed by atoms with van der Waals surface area (Å²) in [4.78, 5) is 8.87. The summed E-state index contributed by atoms with van der Waals surface area (Å²) < 4.78 is 0. The zero-order valence-electron chi connectivity index (χ0n) is 13.1. The van der Waals surface area contributed by atoms with Crippen LogP contribution in [0.2, 0.25) is 0 Å². The van der Waals surface area contributed by atoms with Gasteiger partial charge in [0, 0.05) is 34.7 Å². The Labute approximate surface area is 117 Å². The van der Waals surface area contributed by atoms with E-state index in [9.17, 15) is 0 Å². The monoisotopic (exact) mass is 261 g/mol. The molecule has 0 heterocycles. The predicted octanol–water partition coefficient (Wildman–Crippen LogP) is 2.73. The first-order valence-electron chi connectivity index (χ1n) is 6.75. The van der Waals surface area contributed by atoms with Crippen molar-refractivity contribution in [1.29, 1.82) is 0 Å². The number of hydrogen-bond acceptors (Lipinski definition) is 1. The van der Waals surface area contributed by atoms with E-state index in [1.165, 1.54) is 5.56 Å². The van der Waals surface area contributed by atoms with Crippen molar-refractivity contribution in [3.63, 3.8) is 0 Å². The number of nitrogens with zero attached hydrogens (tertiary/aromatic N) is 3. The van der Waals surface area contributed by atoms with E-state index in [0.717, 1.165) is 18.9 Å². The van der Waals surface area contributed by atoms with Crippen LogP contribution in [0.5, 0.6) is 0 Å². The molecule has 0 aliphatic heterocycles. The smallest absolute Gasteiger partial charge is 0.195 e. The highest BCUT2D eigenvalue weighted by molar-refractivity contribution is 5.79. The van der Waals surface area contributed by atoms with Crippen molar-refractivity contribution < 1.29 is 0 Å². The van der Waals surface area contributed by atoms with Gasteiger partial charge in [-0.15, -0.1) is 0 Å². The van der Waals surface area contributed by atoms with Crippen LogP contribution in [-0.2, 0) is 6.42 Å². The van der Waals surface area contributed by atoms with Crippen LogP contribution in [0.3, 0.4) is 0 Å². The van der Waals surface area contributed by atoms with E-state index in [4.69, 9.17) is 4.99 Å². The maximum absolute atomic E-state index is 4.76. The number of guanidine groups is 1. The van der Waals surface area contributed by atoms with Gasteiger partial charge in [-0.25, -0.2) is 0 Å². The highest BCUT2D eigenvalue weighted by Crippen LogP contribution is 2.22. The number of hydrogen-bond donors (Lipinski definition) is 0. The Hall–Kier alpha value is -1.51. The first-order valence-corrected chi connectivity index (χ1v) is 6.75. The fraction of sp³-hybridized carbons (Fsp3) is 0.562. The third kappa shape index (κ3) is 5.33. The van der Waals surface area contributed by atoms with Gasteiger partial charge in [-0.1, -0.05) is 44.2 Å². The van der Waals surface area contributed by atoms with Crippen LogP contribution in [0, 0.1) is 5.41 Å². The molecule has 0 spiro atoms. The lowest BCUT2D eigenvalue weighted by molar-refractivity contribution is 0.369. The minimum atomic E-state index is 0.165. The fourth-order valence-corrected chi connectivity index (χ4v) is 2.17. The molecule has 1 rings (SSSR count). The Morgan fingerprint density at radius 2 is 1.53 bits per heavy atom. The van der Waals surface area contributed by atoms with Gasteiger partial charge >= 0.3 is 0 Å². The van der Waals surface area contributed by atoms with Crippen LogP contribution >= 0.6 is 0 Å². The quantitative estimate of drug-likeness (QED) is 0.613. The molecule has 0 atom stereocenters. The van der Waals surface area contributed by atoms with Gasteiger partial charge in [0.15, 0.2) is 5.96 Å². The topological polar surface area (TPSA) is 18.8 Å². The highest BCUT2D eigenvalue weighted by Gasteiger charge is 2.19. The molecule has 106 valence electrons. The summed E-state index contributed by atoms with van der Waals surface area (Å²) in [6, 6.07) is 10.6. The van der Waals surface area contributed by atoms with E-state index < -0.39 is 0 Å². The Kier molecular flexibility index (Phi) is 5.40. The summed E-state index contributed by atoms with van der Waals surface area (Å²) in [6.45, 7) is 5.37. The third-order valence-electron chi connectivity index (χ3n) is 2.97. The van der Waals surface area contributed by atoms with Crippen molar-refractivity contribution in [2.24, 2.45) is 10.4 Å².